The van der Waals surface area contributed by atoms with Crippen LogP contribution in [-0.4, -0.2) is 36.8 Å². The number of hydrogen-bond acceptors (Lipinski definition) is 8. The Hall–Kier alpha value is -3.03. The first-order valence-corrected chi connectivity index (χ1v) is 8.29. The predicted octanol–water partition coefficient (Wildman–Crippen LogP) is 2.21. The second-order valence-corrected chi connectivity index (χ2v) is 5.68. The molecule has 2 aromatic rings. The van der Waals surface area contributed by atoms with Crippen molar-refractivity contribution >= 4 is 17.7 Å². The molecule has 0 aliphatic carbocycles. The van der Waals surface area contributed by atoms with E-state index in [0.717, 1.165) is 18.4 Å². The van der Waals surface area contributed by atoms with Gasteiger partial charge in [-0.2, -0.15) is 4.98 Å². The van der Waals surface area contributed by atoms with E-state index in [1.54, 1.807) is 18.3 Å². The van der Waals surface area contributed by atoms with Crippen LogP contribution in [0.15, 0.2) is 18.3 Å². The van der Waals surface area contributed by atoms with Crippen LogP contribution in [0.5, 0.6) is 11.5 Å². The van der Waals surface area contributed by atoms with Gasteiger partial charge in [-0.3, -0.25) is 0 Å². The summed E-state index contributed by atoms with van der Waals surface area (Å²) in [6, 6.07) is 3.49. The molecule has 1 aromatic heterocycles. The van der Waals surface area contributed by atoms with Gasteiger partial charge < -0.3 is 25.7 Å². The van der Waals surface area contributed by atoms with Gasteiger partial charge in [0, 0.05) is 18.2 Å². The molecule has 0 amide bonds. The zero-order valence-electron chi connectivity index (χ0n) is 15.2. The summed E-state index contributed by atoms with van der Waals surface area (Å²) in [6.45, 7) is 2.37. The maximum Gasteiger partial charge on any atom is 0.345 e. The number of carbonyl (C=O) groups is 1. The number of nitrogens with zero attached hydrogens (tertiary/aromatic N) is 2. The molecule has 0 bridgehead atoms. The third-order valence-electron chi connectivity index (χ3n) is 3.81. The molecule has 140 valence electrons. The van der Waals surface area contributed by atoms with Crippen LogP contribution in [0.4, 0.5) is 11.8 Å². The van der Waals surface area contributed by atoms with Gasteiger partial charge in [0.15, 0.2) is 0 Å². The van der Waals surface area contributed by atoms with Gasteiger partial charge in [0.05, 0.1) is 20.8 Å². The molecule has 0 saturated heterocycles. The molecular weight excluding hydrogens is 336 g/mol. The fraction of sp³-hybridized carbons (Fsp3) is 0.389. The number of unbranched alkanes of at least 4 members (excludes halogenated alkanes) is 1. The standard InChI is InChI=1S/C18H24N4O4/c1-4-5-6-26-17(23)15-13(24-2)8-11(9-14(15)25-3)7-12-10-21-18(20)22-16(12)19/h8-10H,4-7H2,1-3H3,(H4,19,20,21,22). The molecule has 4 N–H and O–H groups in total. The minimum atomic E-state index is -0.478. The van der Waals surface area contributed by atoms with E-state index in [1.807, 2.05) is 6.92 Å². The van der Waals surface area contributed by atoms with E-state index in [9.17, 15) is 4.79 Å². The number of aromatic nitrogens is 2. The highest BCUT2D eigenvalue weighted by Crippen LogP contribution is 2.32. The highest BCUT2D eigenvalue weighted by molar-refractivity contribution is 5.96. The first-order valence-electron chi connectivity index (χ1n) is 8.29. The van der Waals surface area contributed by atoms with E-state index >= 15 is 0 Å². The highest BCUT2D eigenvalue weighted by Gasteiger charge is 2.21. The maximum atomic E-state index is 12.4. The average Bonchev–Trinajstić information content (AvgIpc) is 2.63. The second kappa shape index (κ2) is 8.89. The molecule has 0 radical (unpaired) electrons. The van der Waals surface area contributed by atoms with Crippen LogP contribution in [0.25, 0.3) is 0 Å². The Morgan fingerprint density at radius 2 is 1.81 bits per heavy atom. The summed E-state index contributed by atoms with van der Waals surface area (Å²) in [7, 11) is 2.98. The average molecular weight is 360 g/mol. The molecule has 0 atom stereocenters. The minimum Gasteiger partial charge on any atom is -0.496 e. The predicted molar refractivity (Wildman–Crippen MR) is 98.4 cm³/mol. The Labute approximate surface area is 152 Å². The molecule has 1 heterocycles. The van der Waals surface area contributed by atoms with E-state index in [2.05, 4.69) is 9.97 Å². The van der Waals surface area contributed by atoms with Crippen LogP contribution in [0.2, 0.25) is 0 Å². The Kier molecular flexibility index (Phi) is 6.60. The number of rotatable bonds is 8. The number of nitrogen functional groups attached to an aromatic ring is 2. The number of benzene rings is 1. The van der Waals surface area contributed by atoms with Crippen molar-refractivity contribution in [3.8, 4) is 11.5 Å². The number of hydrogen-bond donors (Lipinski definition) is 2. The molecule has 0 spiro atoms. The van der Waals surface area contributed by atoms with E-state index in [-0.39, 0.29) is 11.5 Å². The highest BCUT2D eigenvalue weighted by atomic mass is 16.5. The quantitative estimate of drug-likeness (QED) is 0.542. The van der Waals surface area contributed by atoms with Gasteiger partial charge in [0.1, 0.15) is 22.9 Å². The van der Waals surface area contributed by atoms with Crippen LogP contribution in [0.3, 0.4) is 0 Å². The Morgan fingerprint density at radius 3 is 2.35 bits per heavy atom. The van der Waals surface area contributed by atoms with Crippen molar-refractivity contribution < 1.29 is 19.0 Å². The number of methoxy groups -OCH3 is 2. The van der Waals surface area contributed by atoms with Crippen LogP contribution >= 0.6 is 0 Å². The van der Waals surface area contributed by atoms with Gasteiger partial charge >= 0.3 is 5.97 Å². The number of nitrogens with two attached hydrogens (primary N) is 2. The lowest BCUT2D eigenvalue weighted by atomic mass is 10.0. The Balaban J connectivity index is 2.34. The minimum absolute atomic E-state index is 0.117. The molecule has 0 unspecified atom stereocenters. The topological polar surface area (TPSA) is 123 Å². The molecule has 2 rings (SSSR count). The summed E-state index contributed by atoms with van der Waals surface area (Å²) >= 11 is 0. The van der Waals surface area contributed by atoms with Crippen molar-refractivity contribution in [3.63, 3.8) is 0 Å². The number of carbonyl (C=O) groups excluding carboxylic acids is 1. The van der Waals surface area contributed by atoms with Crippen molar-refractivity contribution in [3.05, 3.63) is 35.0 Å². The molecule has 0 aliphatic heterocycles. The summed E-state index contributed by atoms with van der Waals surface area (Å²) in [4.78, 5) is 20.3. The van der Waals surface area contributed by atoms with E-state index in [4.69, 9.17) is 25.7 Å². The van der Waals surface area contributed by atoms with E-state index in [1.165, 1.54) is 14.2 Å². The zero-order valence-corrected chi connectivity index (χ0v) is 15.2. The van der Waals surface area contributed by atoms with Gasteiger partial charge in [-0.25, -0.2) is 9.78 Å². The van der Waals surface area contributed by atoms with Crippen LogP contribution in [0.1, 0.15) is 41.3 Å². The summed E-state index contributed by atoms with van der Waals surface area (Å²) < 4.78 is 16.1. The van der Waals surface area contributed by atoms with Gasteiger partial charge in [0.2, 0.25) is 5.95 Å². The molecular formula is C18H24N4O4. The van der Waals surface area contributed by atoms with Crippen molar-refractivity contribution in [2.45, 2.75) is 26.2 Å². The lowest BCUT2D eigenvalue weighted by Gasteiger charge is -2.15. The fourth-order valence-electron chi connectivity index (χ4n) is 2.44. The monoisotopic (exact) mass is 360 g/mol. The SMILES string of the molecule is CCCCOC(=O)c1c(OC)cc(Cc2cnc(N)nc2N)cc1OC. The summed E-state index contributed by atoms with van der Waals surface area (Å²) in [6.07, 6.45) is 3.74. The zero-order chi connectivity index (χ0) is 19.1. The number of ether oxygens (including phenoxy) is 3. The van der Waals surface area contributed by atoms with Gasteiger partial charge in [-0.1, -0.05) is 13.3 Å². The first kappa shape index (κ1) is 19.3. The van der Waals surface area contributed by atoms with Gasteiger partial charge in [-0.05, 0) is 24.1 Å². The molecule has 0 saturated carbocycles. The van der Waals surface area contributed by atoms with Crippen molar-refractivity contribution in [2.24, 2.45) is 0 Å². The van der Waals surface area contributed by atoms with Crippen molar-refractivity contribution in [2.75, 3.05) is 32.3 Å². The number of anilines is 2. The third kappa shape index (κ3) is 4.53. The molecule has 8 heteroatoms. The summed E-state index contributed by atoms with van der Waals surface area (Å²) in [5, 5.41) is 0. The van der Waals surface area contributed by atoms with Gasteiger partial charge in [-0.15, -0.1) is 0 Å². The summed E-state index contributed by atoms with van der Waals surface area (Å²) in [5.41, 5.74) is 13.2. The molecule has 26 heavy (non-hydrogen) atoms. The number of esters is 1. The Bertz CT molecular complexity index is 755. The summed E-state index contributed by atoms with van der Waals surface area (Å²) in [5.74, 6) is 0.686. The fourth-order valence-corrected chi connectivity index (χ4v) is 2.44. The molecule has 0 fully saturated rings. The Morgan fingerprint density at radius 1 is 1.15 bits per heavy atom. The smallest absolute Gasteiger partial charge is 0.345 e. The van der Waals surface area contributed by atoms with Crippen LogP contribution in [-0.2, 0) is 11.2 Å². The van der Waals surface area contributed by atoms with E-state index in [0.29, 0.717) is 35.9 Å². The first-order chi connectivity index (χ1) is 12.5. The van der Waals surface area contributed by atoms with Crippen molar-refractivity contribution in [1.29, 1.82) is 0 Å². The molecule has 8 nitrogen and oxygen atoms in total. The normalized spacial score (nSPS) is 10.4. The van der Waals surface area contributed by atoms with Crippen LogP contribution in [0, 0.1) is 0 Å². The second-order valence-electron chi connectivity index (χ2n) is 5.68. The van der Waals surface area contributed by atoms with Gasteiger partial charge in [0.25, 0.3) is 0 Å². The largest absolute Gasteiger partial charge is 0.496 e. The third-order valence-corrected chi connectivity index (χ3v) is 3.81. The molecule has 1 aromatic carbocycles. The van der Waals surface area contributed by atoms with Crippen molar-refractivity contribution in [1.82, 2.24) is 9.97 Å². The lowest BCUT2D eigenvalue weighted by molar-refractivity contribution is 0.0492. The van der Waals surface area contributed by atoms with E-state index < -0.39 is 5.97 Å². The van der Waals surface area contributed by atoms with Crippen LogP contribution < -0.4 is 20.9 Å². The lowest BCUT2D eigenvalue weighted by Crippen LogP contribution is -2.11. The molecule has 0 aliphatic rings. The maximum absolute atomic E-state index is 12.4.